The highest BCUT2D eigenvalue weighted by molar-refractivity contribution is 7.99. The van der Waals surface area contributed by atoms with Crippen molar-refractivity contribution < 1.29 is 4.79 Å². The SMILES string of the molecule is CC(C)Cn1c(SCC(=O)Nc2cc(Cl)cc(Cl)c2)nc2ccccc2c1=O. The Morgan fingerprint density at radius 3 is 2.54 bits per heavy atom. The summed E-state index contributed by atoms with van der Waals surface area (Å²) in [5.74, 6) is 0.136. The molecule has 5 nitrogen and oxygen atoms in total. The maximum Gasteiger partial charge on any atom is 0.262 e. The predicted molar refractivity (Wildman–Crippen MR) is 117 cm³/mol. The normalized spacial score (nSPS) is 11.2. The second-order valence-electron chi connectivity index (χ2n) is 6.72. The summed E-state index contributed by atoms with van der Waals surface area (Å²) in [6, 6.07) is 12.1. The summed E-state index contributed by atoms with van der Waals surface area (Å²) in [6.07, 6.45) is 0. The molecule has 3 rings (SSSR count). The van der Waals surface area contributed by atoms with Gasteiger partial charge in [0.25, 0.3) is 5.56 Å². The Morgan fingerprint density at radius 2 is 1.86 bits per heavy atom. The van der Waals surface area contributed by atoms with Crippen LogP contribution in [-0.2, 0) is 11.3 Å². The summed E-state index contributed by atoms with van der Waals surface area (Å²) < 4.78 is 1.64. The van der Waals surface area contributed by atoms with Crippen molar-refractivity contribution in [3.05, 3.63) is 62.9 Å². The Kier molecular flexibility index (Phi) is 6.65. The maximum absolute atomic E-state index is 12.9. The molecule has 8 heteroatoms. The van der Waals surface area contributed by atoms with Gasteiger partial charge in [-0.05, 0) is 36.2 Å². The van der Waals surface area contributed by atoms with Crippen LogP contribution in [0.1, 0.15) is 13.8 Å². The Hall–Kier alpha value is -2.02. The van der Waals surface area contributed by atoms with Crippen molar-refractivity contribution in [1.29, 1.82) is 0 Å². The van der Waals surface area contributed by atoms with Gasteiger partial charge >= 0.3 is 0 Å². The lowest BCUT2D eigenvalue weighted by Crippen LogP contribution is -2.26. The third-order valence-electron chi connectivity index (χ3n) is 3.85. The molecule has 1 amide bonds. The van der Waals surface area contributed by atoms with Crippen LogP contribution >= 0.6 is 35.0 Å². The van der Waals surface area contributed by atoms with Crippen molar-refractivity contribution in [1.82, 2.24) is 9.55 Å². The highest BCUT2D eigenvalue weighted by Crippen LogP contribution is 2.23. The van der Waals surface area contributed by atoms with Gasteiger partial charge in [-0.2, -0.15) is 0 Å². The van der Waals surface area contributed by atoms with Crippen LogP contribution in [0.2, 0.25) is 10.0 Å². The highest BCUT2D eigenvalue weighted by Gasteiger charge is 2.14. The predicted octanol–water partition coefficient (Wildman–Crippen LogP) is 5.09. The second kappa shape index (κ2) is 8.99. The number of halogens is 2. The van der Waals surface area contributed by atoms with E-state index in [1.165, 1.54) is 11.8 Å². The first-order valence-corrected chi connectivity index (χ1v) is 10.5. The van der Waals surface area contributed by atoms with Crippen molar-refractivity contribution in [3.8, 4) is 0 Å². The number of fused-ring (bicyclic) bond motifs is 1. The van der Waals surface area contributed by atoms with Crippen LogP contribution in [0, 0.1) is 5.92 Å². The van der Waals surface area contributed by atoms with Crippen molar-refractivity contribution >= 4 is 57.5 Å². The van der Waals surface area contributed by atoms with E-state index in [1.54, 1.807) is 34.9 Å². The van der Waals surface area contributed by atoms with Crippen LogP contribution in [0.3, 0.4) is 0 Å². The molecule has 0 atom stereocenters. The first-order chi connectivity index (χ1) is 13.3. The smallest absolute Gasteiger partial charge is 0.262 e. The Balaban J connectivity index is 1.82. The van der Waals surface area contributed by atoms with Gasteiger partial charge in [-0.25, -0.2) is 4.98 Å². The molecule has 0 aliphatic carbocycles. The van der Waals surface area contributed by atoms with E-state index in [0.29, 0.717) is 38.3 Å². The fourth-order valence-electron chi connectivity index (χ4n) is 2.74. The van der Waals surface area contributed by atoms with E-state index in [2.05, 4.69) is 10.3 Å². The van der Waals surface area contributed by atoms with Crippen LogP contribution in [-0.4, -0.2) is 21.2 Å². The van der Waals surface area contributed by atoms with Gasteiger partial charge in [0.1, 0.15) is 0 Å². The summed E-state index contributed by atoms with van der Waals surface area (Å²) in [5, 5.41) is 4.75. The van der Waals surface area contributed by atoms with Crippen LogP contribution in [0.5, 0.6) is 0 Å². The number of benzene rings is 2. The van der Waals surface area contributed by atoms with E-state index in [0.717, 1.165) is 0 Å². The lowest BCUT2D eigenvalue weighted by Gasteiger charge is -2.15. The lowest BCUT2D eigenvalue weighted by molar-refractivity contribution is -0.113. The molecule has 0 spiro atoms. The molecule has 0 unspecified atom stereocenters. The molecule has 0 saturated heterocycles. The Labute approximate surface area is 177 Å². The van der Waals surface area contributed by atoms with Gasteiger partial charge in [-0.3, -0.25) is 14.2 Å². The van der Waals surface area contributed by atoms with Gasteiger partial charge < -0.3 is 5.32 Å². The summed E-state index contributed by atoms with van der Waals surface area (Å²) in [6.45, 7) is 4.60. The zero-order chi connectivity index (χ0) is 20.3. The van der Waals surface area contributed by atoms with Gasteiger partial charge in [-0.1, -0.05) is 60.9 Å². The molecular formula is C20H19Cl2N3O2S. The minimum atomic E-state index is -0.234. The van der Waals surface area contributed by atoms with E-state index >= 15 is 0 Å². The van der Waals surface area contributed by atoms with Crippen LogP contribution < -0.4 is 10.9 Å². The first-order valence-electron chi connectivity index (χ1n) is 8.72. The van der Waals surface area contributed by atoms with Gasteiger partial charge in [0.2, 0.25) is 5.91 Å². The fraction of sp³-hybridized carbons (Fsp3) is 0.250. The van der Waals surface area contributed by atoms with E-state index in [9.17, 15) is 9.59 Å². The third-order valence-corrected chi connectivity index (χ3v) is 5.27. The summed E-state index contributed by atoms with van der Waals surface area (Å²) in [7, 11) is 0. The van der Waals surface area contributed by atoms with E-state index in [-0.39, 0.29) is 23.1 Å². The Morgan fingerprint density at radius 1 is 1.18 bits per heavy atom. The summed E-state index contributed by atoms with van der Waals surface area (Å²) >= 11 is 13.1. The molecule has 1 heterocycles. The number of para-hydroxylation sites is 1. The minimum Gasteiger partial charge on any atom is -0.325 e. The molecule has 1 aromatic heterocycles. The quantitative estimate of drug-likeness (QED) is 0.432. The molecule has 0 aliphatic rings. The number of carbonyl (C=O) groups is 1. The highest BCUT2D eigenvalue weighted by atomic mass is 35.5. The van der Waals surface area contributed by atoms with Crippen molar-refractivity contribution in [2.75, 3.05) is 11.1 Å². The molecule has 0 fully saturated rings. The molecule has 0 saturated carbocycles. The molecule has 2 aromatic carbocycles. The van der Waals surface area contributed by atoms with Gasteiger partial charge in [-0.15, -0.1) is 0 Å². The average Bonchev–Trinajstić information content (AvgIpc) is 2.61. The average molecular weight is 436 g/mol. The zero-order valence-electron chi connectivity index (χ0n) is 15.4. The van der Waals surface area contributed by atoms with Gasteiger partial charge in [0, 0.05) is 22.3 Å². The van der Waals surface area contributed by atoms with Crippen LogP contribution in [0.15, 0.2) is 52.4 Å². The van der Waals surface area contributed by atoms with Crippen molar-refractivity contribution in [2.45, 2.75) is 25.5 Å². The molecule has 0 aliphatic heterocycles. The maximum atomic E-state index is 12.9. The number of amides is 1. The van der Waals surface area contributed by atoms with E-state index < -0.39 is 0 Å². The lowest BCUT2D eigenvalue weighted by atomic mass is 10.2. The van der Waals surface area contributed by atoms with Gasteiger partial charge in [0.15, 0.2) is 5.16 Å². The topological polar surface area (TPSA) is 64.0 Å². The van der Waals surface area contributed by atoms with Gasteiger partial charge in [0.05, 0.1) is 16.7 Å². The second-order valence-corrected chi connectivity index (χ2v) is 8.53. The standard InChI is InChI=1S/C20H19Cl2N3O2S/c1-12(2)10-25-19(27)16-5-3-4-6-17(16)24-20(25)28-11-18(26)23-15-8-13(21)7-14(22)9-15/h3-9,12H,10-11H2,1-2H3,(H,23,26). The number of rotatable bonds is 6. The largest absolute Gasteiger partial charge is 0.325 e. The van der Waals surface area contributed by atoms with E-state index in [4.69, 9.17) is 23.2 Å². The Bertz CT molecular complexity index is 1060. The molecule has 0 bridgehead atoms. The monoisotopic (exact) mass is 435 g/mol. The molecule has 28 heavy (non-hydrogen) atoms. The number of carbonyl (C=O) groups excluding carboxylic acids is 1. The zero-order valence-corrected chi connectivity index (χ0v) is 17.7. The third kappa shape index (κ3) is 5.07. The number of hydrogen-bond acceptors (Lipinski definition) is 4. The number of anilines is 1. The number of nitrogens with one attached hydrogen (secondary N) is 1. The van der Waals surface area contributed by atoms with Crippen molar-refractivity contribution in [3.63, 3.8) is 0 Å². The minimum absolute atomic E-state index is 0.0937. The fourth-order valence-corrected chi connectivity index (χ4v) is 4.07. The number of thioether (sulfide) groups is 1. The number of hydrogen-bond donors (Lipinski definition) is 1. The number of nitrogens with zero attached hydrogens (tertiary/aromatic N) is 2. The number of aromatic nitrogens is 2. The molecular weight excluding hydrogens is 417 g/mol. The van der Waals surface area contributed by atoms with Crippen molar-refractivity contribution in [2.24, 2.45) is 5.92 Å². The van der Waals surface area contributed by atoms with E-state index in [1.807, 2.05) is 26.0 Å². The molecule has 146 valence electrons. The summed E-state index contributed by atoms with van der Waals surface area (Å²) in [5.41, 5.74) is 1.05. The first kappa shape index (κ1) is 20.7. The molecule has 0 radical (unpaired) electrons. The van der Waals surface area contributed by atoms with Crippen LogP contribution in [0.4, 0.5) is 5.69 Å². The molecule has 1 N–H and O–H groups in total. The molecule has 3 aromatic rings. The van der Waals surface area contributed by atoms with Crippen LogP contribution in [0.25, 0.3) is 10.9 Å². The summed E-state index contributed by atoms with van der Waals surface area (Å²) in [4.78, 5) is 29.8.